The molecule has 0 N–H and O–H groups in total. The van der Waals surface area contributed by atoms with Crippen molar-refractivity contribution in [1.29, 1.82) is 0 Å². The summed E-state index contributed by atoms with van der Waals surface area (Å²) in [4.78, 5) is 21.2. The first-order valence-electron chi connectivity index (χ1n) is 7.23. The molecule has 0 aliphatic carbocycles. The summed E-state index contributed by atoms with van der Waals surface area (Å²) < 4.78 is 5.12. The molecule has 0 spiro atoms. The van der Waals surface area contributed by atoms with Gasteiger partial charge in [-0.15, -0.1) is 0 Å². The highest BCUT2D eigenvalue weighted by Gasteiger charge is 2.18. The average Bonchev–Trinajstić information content (AvgIpc) is 2.61. The Hall–Kier alpha value is -2.40. The van der Waals surface area contributed by atoms with Crippen LogP contribution in [0.15, 0.2) is 59.9 Å². The lowest BCUT2D eigenvalue weighted by Crippen LogP contribution is -2.13. The summed E-state index contributed by atoms with van der Waals surface area (Å²) in [6, 6.07) is 15.0. The van der Waals surface area contributed by atoms with E-state index in [2.05, 4.69) is 9.97 Å². The monoisotopic (exact) mass is 324 g/mol. The lowest BCUT2D eigenvalue weighted by molar-refractivity contribution is 0.0994. The van der Waals surface area contributed by atoms with E-state index in [1.807, 2.05) is 31.2 Å². The minimum atomic E-state index is -0.235. The van der Waals surface area contributed by atoms with Crippen LogP contribution in [0.5, 0.6) is 5.75 Å². The van der Waals surface area contributed by atoms with Gasteiger partial charge in [0.25, 0.3) is 0 Å². The second kappa shape index (κ2) is 6.79. The van der Waals surface area contributed by atoms with Gasteiger partial charge in [0.2, 0.25) is 0 Å². The lowest BCUT2D eigenvalue weighted by atomic mass is 10.1. The van der Waals surface area contributed by atoms with Crippen LogP contribution in [0.3, 0.4) is 0 Å². The maximum atomic E-state index is 12.6. The molecule has 116 valence electrons. The third-order valence-corrected chi connectivity index (χ3v) is 4.65. The average molecular weight is 324 g/mol. The van der Waals surface area contributed by atoms with Gasteiger partial charge in [-0.3, -0.25) is 4.79 Å². The number of carbonyl (C=O) groups is 1. The van der Waals surface area contributed by atoms with Crippen molar-refractivity contribution in [2.45, 2.75) is 17.2 Å². The minimum Gasteiger partial charge on any atom is -0.497 e. The molecule has 1 aromatic heterocycles. The molecule has 0 aliphatic heterocycles. The summed E-state index contributed by atoms with van der Waals surface area (Å²) in [7, 11) is 1.61. The van der Waals surface area contributed by atoms with Gasteiger partial charge in [0.1, 0.15) is 17.1 Å². The molecule has 0 saturated heterocycles. The zero-order chi connectivity index (χ0) is 16.2. The molecule has 4 nitrogen and oxygen atoms in total. The van der Waals surface area contributed by atoms with E-state index in [0.29, 0.717) is 5.56 Å². The van der Waals surface area contributed by atoms with Crippen LogP contribution < -0.4 is 4.74 Å². The van der Waals surface area contributed by atoms with E-state index in [4.69, 9.17) is 4.74 Å². The Labute approximate surface area is 138 Å². The molecular weight excluding hydrogens is 308 g/mol. The number of aromatic nitrogens is 2. The summed E-state index contributed by atoms with van der Waals surface area (Å²) in [5.74, 6) is 0.809. The fraction of sp³-hybridized carbons (Fsp3) is 0.167. The van der Waals surface area contributed by atoms with Gasteiger partial charge in [0.15, 0.2) is 5.78 Å². The number of carbonyl (C=O) groups excluding carboxylic acids is 1. The second-order valence-electron chi connectivity index (χ2n) is 5.05. The van der Waals surface area contributed by atoms with Crippen LogP contribution in [0.2, 0.25) is 0 Å². The maximum absolute atomic E-state index is 12.6. The van der Waals surface area contributed by atoms with Crippen LogP contribution in [0.1, 0.15) is 17.3 Å². The third kappa shape index (κ3) is 3.35. The summed E-state index contributed by atoms with van der Waals surface area (Å²) in [6.45, 7) is 1.90. The lowest BCUT2D eigenvalue weighted by Gasteiger charge is -2.11. The molecule has 0 fully saturated rings. The summed E-state index contributed by atoms with van der Waals surface area (Å²) in [5, 5.41) is 1.56. The van der Waals surface area contributed by atoms with Crippen LogP contribution in [-0.4, -0.2) is 28.1 Å². The molecule has 0 unspecified atom stereocenters. The number of methoxy groups -OCH3 is 1. The number of rotatable bonds is 5. The van der Waals surface area contributed by atoms with Crippen LogP contribution in [0, 0.1) is 0 Å². The molecule has 0 bridgehead atoms. The summed E-state index contributed by atoms with van der Waals surface area (Å²) in [5.41, 5.74) is 1.55. The molecule has 0 radical (unpaired) electrons. The molecule has 2 aromatic carbocycles. The minimum absolute atomic E-state index is 0.0698. The van der Waals surface area contributed by atoms with E-state index >= 15 is 0 Å². The number of thioether (sulfide) groups is 1. The normalized spacial score (nSPS) is 12.1. The van der Waals surface area contributed by atoms with E-state index < -0.39 is 0 Å². The Balaban J connectivity index is 1.82. The highest BCUT2D eigenvalue weighted by atomic mass is 32.2. The molecule has 1 heterocycles. The first-order valence-corrected chi connectivity index (χ1v) is 8.11. The predicted molar refractivity (Wildman–Crippen MR) is 92.2 cm³/mol. The number of ether oxygens (including phenoxy) is 1. The van der Waals surface area contributed by atoms with Crippen molar-refractivity contribution in [3.63, 3.8) is 0 Å². The van der Waals surface area contributed by atoms with Gasteiger partial charge in [-0.05, 0) is 37.3 Å². The SMILES string of the molecule is COc1ccc(C(=O)[C@H](C)Sc2ncnc3ccccc23)cc1. The van der Waals surface area contributed by atoms with E-state index in [-0.39, 0.29) is 11.0 Å². The van der Waals surface area contributed by atoms with Gasteiger partial charge in [0, 0.05) is 10.9 Å². The number of benzene rings is 2. The molecule has 5 heteroatoms. The second-order valence-corrected chi connectivity index (χ2v) is 6.38. The van der Waals surface area contributed by atoms with Gasteiger partial charge in [-0.1, -0.05) is 30.0 Å². The van der Waals surface area contributed by atoms with E-state index in [9.17, 15) is 4.79 Å². The van der Waals surface area contributed by atoms with Crippen molar-refractivity contribution in [2.24, 2.45) is 0 Å². The van der Waals surface area contributed by atoms with Crippen molar-refractivity contribution in [3.05, 3.63) is 60.4 Å². The smallest absolute Gasteiger partial charge is 0.175 e. The van der Waals surface area contributed by atoms with Gasteiger partial charge in [-0.2, -0.15) is 0 Å². The Bertz CT molecular complexity index is 829. The van der Waals surface area contributed by atoms with Crippen molar-refractivity contribution in [2.75, 3.05) is 7.11 Å². The molecule has 0 aliphatic rings. The van der Waals surface area contributed by atoms with Gasteiger partial charge in [-0.25, -0.2) is 9.97 Å². The van der Waals surface area contributed by atoms with Crippen molar-refractivity contribution < 1.29 is 9.53 Å². The standard InChI is InChI=1S/C18H16N2O2S/c1-12(17(21)13-7-9-14(22-2)10-8-13)23-18-15-5-3-4-6-16(15)19-11-20-18/h3-12H,1-2H3/t12-/m0/s1. The molecule has 3 aromatic rings. The summed E-state index contributed by atoms with van der Waals surface area (Å²) >= 11 is 1.45. The molecular formula is C18H16N2O2S. The number of nitrogens with zero attached hydrogens (tertiary/aromatic N) is 2. The van der Waals surface area contributed by atoms with Crippen LogP contribution in [-0.2, 0) is 0 Å². The Morgan fingerprint density at radius 3 is 2.57 bits per heavy atom. The fourth-order valence-corrected chi connectivity index (χ4v) is 3.27. The first kappa shape index (κ1) is 15.5. The molecule has 0 saturated carbocycles. The first-order chi connectivity index (χ1) is 11.2. The van der Waals surface area contributed by atoms with Crippen LogP contribution in [0.25, 0.3) is 10.9 Å². The predicted octanol–water partition coefficient (Wildman–Crippen LogP) is 4.00. The van der Waals surface area contributed by atoms with Gasteiger partial charge < -0.3 is 4.74 Å². The quantitative estimate of drug-likeness (QED) is 0.403. The van der Waals surface area contributed by atoms with Gasteiger partial charge >= 0.3 is 0 Å². The number of hydrogen-bond donors (Lipinski definition) is 0. The molecule has 23 heavy (non-hydrogen) atoms. The Morgan fingerprint density at radius 2 is 1.83 bits per heavy atom. The maximum Gasteiger partial charge on any atom is 0.175 e. The van der Waals surface area contributed by atoms with Crippen molar-refractivity contribution >= 4 is 28.4 Å². The van der Waals surface area contributed by atoms with Crippen LogP contribution >= 0.6 is 11.8 Å². The Kier molecular flexibility index (Phi) is 4.57. The molecule has 1 atom stereocenters. The number of Topliss-reactive ketones (excluding diaryl/α,β-unsaturated/α-hetero) is 1. The number of fused-ring (bicyclic) bond motifs is 1. The highest BCUT2D eigenvalue weighted by molar-refractivity contribution is 8.00. The van der Waals surface area contributed by atoms with Crippen molar-refractivity contribution in [3.8, 4) is 5.75 Å². The largest absolute Gasteiger partial charge is 0.497 e. The number of para-hydroxylation sites is 1. The molecule has 0 amide bonds. The highest BCUT2D eigenvalue weighted by Crippen LogP contribution is 2.29. The van der Waals surface area contributed by atoms with E-state index in [1.165, 1.54) is 18.1 Å². The van der Waals surface area contributed by atoms with Crippen LogP contribution in [0.4, 0.5) is 0 Å². The number of hydrogen-bond acceptors (Lipinski definition) is 5. The zero-order valence-electron chi connectivity index (χ0n) is 12.9. The topological polar surface area (TPSA) is 52.1 Å². The summed E-state index contributed by atoms with van der Waals surface area (Å²) in [6.07, 6.45) is 1.54. The third-order valence-electron chi connectivity index (χ3n) is 3.54. The van der Waals surface area contributed by atoms with Gasteiger partial charge in [0.05, 0.1) is 17.9 Å². The Morgan fingerprint density at radius 1 is 1.09 bits per heavy atom. The van der Waals surface area contributed by atoms with E-state index in [0.717, 1.165) is 21.7 Å². The van der Waals surface area contributed by atoms with Crippen molar-refractivity contribution in [1.82, 2.24) is 9.97 Å². The zero-order valence-corrected chi connectivity index (χ0v) is 13.7. The molecule has 3 rings (SSSR count). The van der Waals surface area contributed by atoms with E-state index in [1.54, 1.807) is 31.4 Å². The fourth-order valence-electron chi connectivity index (χ4n) is 2.28. The number of ketones is 1.